The number of likely N-dealkylation sites (tertiary alicyclic amines) is 1. The Bertz CT molecular complexity index is 381. The molecule has 0 amide bonds. The normalized spacial score (nSPS) is 26.1. The van der Waals surface area contributed by atoms with Crippen molar-refractivity contribution in [3.63, 3.8) is 0 Å². The monoisotopic (exact) mass is 228 g/mol. The fourth-order valence-electron chi connectivity index (χ4n) is 1.68. The number of hydrogen-bond donors (Lipinski definition) is 3. The molecule has 0 bridgehead atoms. The predicted molar refractivity (Wildman–Crippen MR) is 50.8 cm³/mol. The van der Waals surface area contributed by atoms with E-state index in [1.807, 2.05) is 0 Å². The highest BCUT2D eigenvalue weighted by Gasteiger charge is 2.30. The molecule has 2 rings (SSSR count). The highest BCUT2D eigenvalue weighted by molar-refractivity contribution is 5.85. The number of rotatable bonds is 3. The quantitative estimate of drug-likeness (QED) is 0.603. The molecule has 0 aliphatic carbocycles. The Balaban J connectivity index is 1.97. The van der Waals surface area contributed by atoms with Gasteiger partial charge in [0.2, 0.25) is 0 Å². The van der Waals surface area contributed by atoms with E-state index in [0.717, 1.165) is 0 Å². The third-order valence-corrected chi connectivity index (χ3v) is 2.49. The molecule has 2 unspecified atom stereocenters. The summed E-state index contributed by atoms with van der Waals surface area (Å²) in [6.07, 6.45) is -1.52. The van der Waals surface area contributed by atoms with Gasteiger partial charge in [0.15, 0.2) is 11.5 Å². The van der Waals surface area contributed by atoms with Crippen LogP contribution in [0.4, 0.5) is 0 Å². The van der Waals surface area contributed by atoms with Crippen molar-refractivity contribution < 1.29 is 24.6 Å². The van der Waals surface area contributed by atoms with Crippen LogP contribution in [0.15, 0.2) is 10.6 Å². The standard InChI is InChI=1S/C9H12N2O5/c12-7-3-11(4-8(7)13)2-5-1-6(9(14)15)10-16-5/h1,7-8,12-13H,2-4H2,(H,14,15). The number of nitrogens with zero attached hydrogens (tertiary/aromatic N) is 2. The number of aromatic carboxylic acids is 1. The third-order valence-electron chi connectivity index (χ3n) is 2.49. The van der Waals surface area contributed by atoms with Gasteiger partial charge in [-0.2, -0.15) is 0 Å². The van der Waals surface area contributed by atoms with Crippen LogP contribution in [0.3, 0.4) is 0 Å². The molecule has 0 spiro atoms. The lowest BCUT2D eigenvalue weighted by Gasteiger charge is -2.11. The number of carbonyl (C=O) groups is 1. The predicted octanol–water partition coefficient (Wildman–Crippen LogP) is -1.09. The molecule has 0 aromatic carbocycles. The third kappa shape index (κ3) is 2.21. The van der Waals surface area contributed by atoms with Crippen LogP contribution in [-0.4, -0.2) is 56.6 Å². The Hall–Kier alpha value is -1.44. The number of aromatic nitrogens is 1. The van der Waals surface area contributed by atoms with Crippen molar-refractivity contribution in [2.24, 2.45) is 0 Å². The van der Waals surface area contributed by atoms with E-state index in [2.05, 4.69) is 5.16 Å². The number of aliphatic hydroxyl groups excluding tert-OH is 2. The van der Waals surface area contributed by atoms with Crippen molar-refractivity contribution >= 4 is 5.97 Å². The number of carboxylic acid groups (broad SMARTS) is 1. The van der Waals surface area contributed by atoms with Crippen LogP contribution < -0.4 is 0 Å². The van der Waals surface area contributed by atoms with Gasteiger partial charge in [0.1, 0.15) is 0 Å². The zero-order valence-electron chi connectivity index (χ0n) is 8.41. The summed E-state index contributed by atoms with van der Waals surface area (Å²) in [6, 6.07) is 1.33. The minimum atomic E-state index is -1.14. The topological polar surface area (TPSA) is 107 Å². The molecule has 88 valence electrons. The lowest BCUT2D eigenvalue weighted by Crippen LogP contribution is -2.22. The fourth-order valence-corrected chi connectivity index (χ4v) is 1.68. The van der Waals surface area contributed by atoms with Crippen LogP contribution in [0, 0.1) is 0 Å². The molecule has 0 radical (unpaired) electrons. The Morgan fingerprint density at radius 1 is 1.50 bits per heavy atom. The van der Waals surface area contributed by atoms with Crippen LogP contribution in [0.5, 0.6) is 0 Å². The van der Waals surface area contributed by atoms with Gasteiger partial charge in [-0.3, -0.25) is 4.90 Å². The second-order valence-corrected chi connectivity index (χ2v) is 3.81. The second-order valence-electron chi connectivity index (χ2n) is 3.81. The maximum atomic E-state index is 10.5. The van der Waals surface area contributed by atoms with Crippen molar-refractivity contribution in [1.82, 2.24) is 10.1 Å². The molecule has 3 N–H and O–H groups in total. The molecule has 1 fully saturated rings. The summed E-state index contributed by atoms with van der Waals surface area (Å²) in [6.45, 7) is 1.00. The van der Waals surface area contributed by atoms with E-state index < -0.39 is 18.2 Å². The molecule has 1 aliphatic heterocycles. The first-order valence-corrected chi connectivity index (χ1v) is 4.83. The zero-order chi connectivity index (χ0) is 11.7. The van der Waals surface area contributed by atoms with Gasteiger partial charge < -0.3 is 19.8 Å². The van der Waals surface area contributed by atoms with E-state index >= 15 is 0 Å². The molecule has 2 atom stereocenters. The molecule has 1 aliphatic rings. The van der Waals surface area contributed by atoms with Gasteiger partial charge >= 0.3 is 5.97 Å². The largest absolute Gasteiger partial charge is 0.476 e. The number of carboxylic acids is 1. The lowest BCUT2D eigenvalue weighted by atomic mass is 10.3. The summed E-state index contributed by atoms with van der Waals surface area (Å²) in [7, 11) is 0. The van der Waals surface area contributed by atoms with Crippen LogP contribution in [0.1, 0.15) is 16.2 Å². The van der Waals surface area contributed by atoms with E-state index in [1.165, 1.54) is 6.07 Å². The summed E-state index contributed by atoms with van der Waals surface area (Å²) in [4.78, 5) is 12.3. The highest BCUT2D eigenvalue weighted by Crippen LogP contribution is 2.14. The molecular formula is C9H12N2O5. The van der Waals surface area contributed by atoms with Crippen molar-refractivity contribution in [2.75, 3.05) is 13.1 Å². The van der Waals surface area contributed by atoms with E-state index in [4.69, 9.17) is 9.63 Å². The van der Waals surface area contributed by atoms with Crippen molar-refractivity contribution in [3.8, 4) is 0 Å². The first kappa shape index (κ1) is 11.1. The van der Waals surface area contributed by atoms with Crippen molar-refractivity contribution in [1.29, 1.82) is 0 Å². The van der Waals surface area contributed by atoms with Gasteiger partial charge in [0, 0.05) is 19.2 Å². The number of hydrogen-bond acceptors (Lipinski definition) is 6. The Morgan fingerprint density at radius 3 is 2.62 bits per heavy atom. The molecule has 1 aromatic rings. The zero-order valence-corrected chi connectivity index (χ0v) is 8.41. The molecular weight excluding hydrogens is 216 g/mol. The first-order chi connectivity index (χ1) is 7.56. The average molecular weight is 228 g/mol. The smallest absolute Gasteiger partial charge is 0.358 e. The maximum absolute atomic E-state index is 10.5. The molecule has 1 saturated heterocycles. The fraction of sp³-hybridized carbons (Fsp3) is 0.556. The molecule has 7 heteroatoms. The van der Waals surface area contributed by atoms with Gasteiger partial charge in [-0.1, -0.05) is 5.16 Å². The Labute approximate surface area is 90.9 Å². The summed E-state index contributed by atoms with van der Waals surface area (Å²) < 4.78 is 4.82. The van der Waals surface area contributed by atoms with E-state index in [9.17, 15) is 15.0 Å². The molecule has 16 heavy (non-hydrogen) atoms. The molecule has 0 saturated carbocycles. The summed E-state index contributed by atoms with van der Waals surface area (Å²) in [5, 5.41) is 30.6. The SMILES string of the molecule is O=C(O)c1cc(CN2CC(O)C(O)C2)on1. The van der Waals surface area contributed by atoms with Crippen LogP contribution >= 0.6 is 0 Å². The van der Waals surface area contributed by atoms with Gasteiger partial charge in [-0.15, -0.1) is 0 Å². The second kappa shape index (κ2) is 4.20. The van der Waals surface area contributed by atoms with Gasteiger partial charge in [-0.25, -0.2) is 4.79 Å². The van der Waals surface area contributed by atoms with Gasteiger partial charge in [0.05, 0.1) is 18.8 Å². The minimum absolute atomic E-state index is 0.143. The average Bonchev–Trinajstić information content (AvgIpc) is 2.76. The van der Waals surface area contributed by atoms with Gasteiger partial charge in [-0.05, 0) is 0 Å². The molecule has 1 aromatic heterocycles. The van der Waals surface area contributed by atoms with Crippen LogP contribution in [0.25, 0.3) is 0 Å². The molecule has 2 heterocycles. The number of β-amino-alcohol motifs (C(OH)–C–C–N with tert-alkyl or cyclic N) is 2. The highest BCUT2D eigenvalue weighted by atomic mass is 16.5. The first-order valence-electron chi connectivity index (χ1n) is 4.83. The summed E-state index contributed by atoms with van der Waals surface area (Å²) in [5.74, 6) is -0.741. The Kier molecular flexibility index (Phi) is 2.90. The summed E-state index contributed by atoms with van der Waals surface area (Å²) >= 11 is 0. The van der Waals surface area contributed by atoms with E-state index in [0.29, 0.717) is 25.4 Å². The maximum Gasteiger partial charge on any atom is 0.358 e. The van der Waals surface area contributed by atoms with Crippen LogP contribution in [0.2, 0.25) is 0 Å². The van der Waals surface area contributed by atoms with Crippen molar-refractivity contribution in [3.05, 3.63) is 17.5 Å². The van der Waals surface area contributed by atoms with Crippen LogP contribution in [-0.2, 0) is 6.54 Å². The van der Waals surface area contributed by atoms with Gasteiger partial charge in [0.25, 0.3) is 0 Å². The van der Waals surface area contributed by atoms with E-state index in [1.54, 1.807) is 4.90 Å². The summed E-state index contributed by atoms with van der Waals surface area (Å²) in [5.41, 5.74) is -0.143. The number of aliphatic hydroxyl groups is 2. The van der Waals surface area contributed by atoms with E-state index in [-0.39, 0.29) is 5.69 Å². The van der Waals surface area contributed by atoms with Crippen molar-refractivity contribution in [2.45, 2.75) is 18.8 Å². The minimum Gasteiger partial charge on any atom is -0.476 e. The lowest BCUT2D eigenvalue weighted by molar-refractivity contribution is 0.0572. The Morgan fingerprint density at radius 2 is 2.12 bits per heavy atom. The molecule has 7 nitrogen and oxygen atoms in total.